The van der Waals surface area contributed by atoms with Gasteiger partial charge in [-0.2, -0.15) is 0 Å². The van der Waals surface area contributed by atoms with Gasteiger partial charge in [-0.15, -0.1) is 0 Å². The molecule has 0 fully saturated rings. The molecule has 11 heteroatoms. The number of unbranched alkanes of at least 4 members (excludes halogenated alkanes) is 13. The molecule has 0 aliphatic carbocycles. The summed E-state index contributed by atoms with van der Waals surface area (Å²) in [5, 5.41) is 8.84. The van der Waals surface area contributed by atoms with Gasteiger partial charge in [-0.1, -0.05) is 108 Å². The smallest absolute Gasteiger partial charge is 0.472 e. The lowest BCUT2D eigenvalue weighted by molar-refractivity contribution is -0.154. The highest BCUT2D eigenvalue weighted by Gasteiger charge is 2.27. The Morgan fingerprint density at radius 1 is 0.696 bits per heavy atom. The van der Waals surface area contributed by atoms with Crippen molar-refractivity contribution in [3.63, 3.8) is 0 Å². The number of rotatable bonds is 33. The highest BCUT2D eigenvalue weighted by Crippen LogP contribution is 2.43. The minimum atomic E-state index is -4.61. The first kappa shape index (κ1) is 44.2. The zero-order chi connectivity index (χ0) is 34.1. The van der Waals surface area contributed by atoms with E-state index in [9.17, 15) is 19.0 Å². The SMILES string of the molecule is CCC/C=C\C/C=C\CCCCCCCC(=O)OC(COCCCCCCCC/C=C\CCC)COP(=O)(O)OCC(N)C(=O)O. The molecule has 0 heterocycles. The normalized spacial score (nSPS) is 14.7. The van der Waals surface area contributed by atoms with E-state index in [0.29, 0.717) is 13.0 Å². The lowest BCUT2D eigenvalue weighted by atomic mass is 10.1. The Balaban J connectivity index is 4.39. The first-order chi connectivity index (χ1) is 22.2. The van der Waals surface area contributed by atoms with Crippen LogP contribution in [0, 0.1) is 0 Å². The Morgan fingerprint density at radius 2 is 1.20 bits per heavy atom. The Labute approximate surface area is 278 Å². The fourth-order valence-corrected chi connectivity index (χ4v) is 5.13. The van der Waals surface area contributed by atoms with E-state index in [1.165, 1.54) is 32.1 Å². The van der Waals surface area contributed by atoms with E-state index in [1.807, 2.05) is 0 Å². The fraction of sp³-hybridized carbons (Fsp3) is 0.771. The summed E-state index contributed by atoms with van der Waals surface area (Å²) in [5.41, 5.74) is 5.32. The Bertz CT molecular complexity index is 878. The van der Waals surface area contributed by atoms with Gasteiger partial charge < -0.3 is 25.2 Å². The van der Waals surface area contributed by atoms with Gasteiger partial charge in [0.15, 0.2) is 0 Å². The number of carboxylic acids is 1. The van der Waals surface area contributed by atoms with Gasteiger partial charge >= 0.3 is 19.8 Å². The molecular formula is C35H64NO9P. The molecule has 0 aromatic heterocycles. The molecule has 46 heavy (non-hydrogen) atoms. The molecule has 3 atom stereocenters. The lowest BCUT2D eigenvalue weighted by Gasteiger charge is -2.20. The average Bonchev–Trinajstić information content (AvgIpc) is 3.03. The second-order valence-corrected chi connectivity index (χ2v) is 13.1. The molecule has 3 unspecified atom stereocenters. The first-order valence-corrected chi connectivity index (χ1v) is 19.0. The summed E-state index contributed by atoms with van der Waals surface area (Å²) in [6, 6.07) is -1.47. The summed E-state index contributed by atoms with van der Waals surface area (Å²) >= 11 is 0. The van der Waals surface area contributed by atoms with E-state index in [-0.39, 0.29) is 13.0 Å². The number of carbonyl (C=O) groups is 2. The average molecular weight is 674 g/mol. The van der Waals surface area contributed by atoms with Crippen molar-refractivity contribution in [2.45, 2.75) is 148 Å². The van der Waals surface area contributed by atoms with Crippen LogP contribution in [0.4, 0.5) is 0 Å². The molecule has 0 aromatic carbocycles. The van der Waals surface area contributed by atoms with Crippen molar-refractivity contribution in [1.82, 2.24) is 0 Å². The number of ether oxygens (including phenoxy) is 2. The minimum absolute atomic E-state index is 0.00634. The van der Waals surface area contributed by atoms with Gasteiger partial charge in [-0.05, 0) is 57.8 Å². The third kappa shape index (κ3) is 30.8. The standard InChI is InChI=1S/C35H64NO9P/c1-3-5-7-9-11-13-15-16-17-19-21-23-25-27-34(37)45-32(30-43-46(40,41)44-31-33(36)35(38)39)29-42-28-26-24-22-20-18-14-12-10-8-6-4-2/h7-10,13,15,32-33H,3-6,11-12,14,16-31,36H2,1-2H3,(H,38,39)(H,40,41)/b9-7-,10-8-,15-13-. The predicted octanol–water partition coefficient (Wildman–Crippen LogP) is 8.58. The molecule has 0 spiro atoms. The van der Waals surface area contributed by atoms with E-state index in [0.717, 1.165) is 77.0 Å². The number of phosphoric acid groups is 1. The molecule has 0 amide bonds. The zero-order valence-electron chi connectivity index (χ0n) is 28.7. The van der Waals surface area contributed by atoms with Crippen molar-refractivity contribution < 1.29 is 42.7 Å². The van der Waals surface area contributed by atoms with Crippen LogP contribution in [0.15, 0.2) is 36.5 Å². The Morgan fingerprint density at radius 3 is 1.80 bits per heavy atom. The highest BCUT2D eigenvalue weighted by atomic mass is 31.2. The molecule has 4 N–H and O–H groups in total. The maximum Gasteiger partial charge on any atom is 0.472 e. The number of aliphatic carboxylic acids is 1. The van der Waals surface area contributed by atoms with Crippen LogP contribution in [-0.2, 0) is 32.7 Å². The maximum atomic E-state index is 12.5. The zero-order valence-corrected chi connectivity index (χ0v) is 29.6. The first-order valence-electron chi connectivity index (χ1n) is 17.5. The van der Waals surface area contributed by atoms with E-state index in [1.54, 1.807) is 0 Å². The van der Waals surface area contributed by atoms with Gasteiger partial charge in [0.1, 0.15) is 12.1 Å². The van der Waals surface area contributed by atoms with Crippen molar-refractivity contribution in [2.24, 2.45) is 5.73 Å². The molecular weight excluding hydrogens is 609 g/mol. The molecule has 0 rings (SSSR count). The molecule has 0 saturated carbocycles. The van der Waals surface area contributed by atoms with Gasteiger partial charge in [0.05, 0.1) is 19.8 Å². The summed E-state index contributed by atoms with van der Waals surface area (Å²) < 4.78 is 33.1. The van der Waals surface area contributed by atoms with Crippen LogP contribution in [0.25, 0.3) is 0 Å². The van der Waals surface area contributed by atoms with Gasteiger partial charge in [0, 0.05) is 13.0 Å². The molecule has 0 aromatic rings. The third-order valence-corrected chi connectivity index (χ3v) is 8.05. The predicted molar refractivity (Wildman–Crippen MR) is 185 cm³/mol. The van der Waals surface area contributed by atoms with Crippen molar-refractivity contribution in [1.29, 1.82) is 0 Å². The number of carboxylic acid groups (broad SMARTS) is 1. The largest absolute Gasteiger partial charge is 0.480 e. The minimum Gasteiger partial charge on any atom is -0.480 e. The number of allylic oxidation sites excluding steroid dienone is 6. The number of esters is 1. The molecule has 0 radical (unpaired) electrons. The molecule has 268 valence electrons. The van der Waals surface area contributed by atoms with E-state index < -0.39 is 45.1 Å². The maximum absolute atomic E-state index is 12.5. The van der Waals surface area contributed by atoms with Crippen molar-refractivity contribution in [2.75, 3.05) is 26.4 Å². The summed E-state index contributed by atoms with van der Waals surface area (Å²) in [6.45, 7) is 3.69. The molecule has 0 aliphatic heterocycles. The number of phosphoric ester groups is 1. The highest BCUT2D eigenvalue weighted by molar-refractivity contribution is 7.47. The van der Waals surface area contributed by atoms with Gasteiger partial charge in [0.2, 0.25) is 0 Å². The summed E-state index contributed by atoms with van der Waals surface area (Å²) in [6.07, 6.45) is 32.0. The van der Waals surface area contributed by atoms with Crippen LogP contribution in [0.2, 0.25) is 0 Å². The second-order valence-electron chi connectivity index (χ2n) is 11.6. The summed E-state index contributed by atoms with van der Waals surface area (Å²) in [5.74, 6) is -1.80. The van der Waals surface area contributed by atoms with Crippen LogP contribution in [0.5, 0.6) is 0 Å². The second kappa shape index (κ2) is 31.8. The van der Waals surface area contributed by atoms with E-state index in [2.05, 4.69) is 54.8 Å². The van der Waals surface area contributed by atoms with Crippen LogP contribution in [0.1, 0.15) is 136 Å². The van der Waals surface area contributed by atoms with Crippen LogP contribution >= 0.6 is 7.82 Å². The van der Waals surface area contributed by atoms with Crippen molar-refractivity contribution in [3.05, 3.63) is 36.5 Å². The molecule has 0 aliphatic rings. The molecule has 10 nitrogen and oxygen atoms in total. The number of nitrogens with two attached hydrogens (primary N) is 1. The van der Waals surface area contributed by atoms with Gasteiger partial charge in [0.25, 0.3) is 0 Å². The number of hydrogen-bond acceptors (Lipinski definition) is 8. The van der Waals surface area contributed by atoms with Crippen LogP contribution in [-0.4, -0.2) is 60.5 Å². The van der Waals surface area contributed by atoms with Crippen molar-refractivity contribution >= 4 is 19.8 Å². The summed E-state index contributed by atoms with van der Waals surface area (Å²) in [7, 11) is -4.61. The summed E-state index contributed by atoms with van der Waals surface area (Å²) in [4.78, 5) is 33.3. The third-order valence-electron chi connectivity index (χ3n) is 7.10. The van der Waals surface area contributed by atoms with E-state index in [4.69, 9.17) is 24.8 Å². The Kier molecular flexibility index (Phi) is 30.5. The monoisotopic (exact) mass is 673 g/mol. The Hall–Kier alpha value is -1.81. The lowest BCUT2D eigenvalue weighted by Crippen LogP contribution is -2.34. The molecule has 0 saturated heterocycles. The van der Waals surface area contributed by atoms with Crippen LogP contribution < -0.4 is 5.73 Å². The van der Waals surface area contributed by atoms with Gasteiger partial charge in [-0.3, -0.25) is 18.6 Å². The number of carbonyl (C=O) groups excluding carboxylic acids is 1. The quantitative estimate of drug-likeness (QED) is 0.0267. The molecule has 0 bridgehead atoms. The van der Waals surface area contributed by atoms with Gasteiger partial charge in [-0.25, -0.2) is 4.57 Å². The topological polar surface area (TPSA) is 155 Å². The van der Waals surface area contributed by atoms with Crippen LogP contribution in [0.3, 0.4) is 0 Å². The van der Waals surface area contributed by atoms with Crippen molar-refractivity contribution in [3.8, 4) is 0 Å². The fourth-order valence-electron chi connectivity index (χ4n) is 4.35. The van der Waals surface area contributed by atoms with E-state index >= 15 is 0 Å². The number of hydrogen-bond donors (Lipinski definition) is 3.